The molecule has 4 rings (SSSR count). The van der Waals surface area contributed by atoms with Gasteiger partial charge in [0.25, 0.3) is 0 Å². The first kappa shape index (κ1) is 22.6. The second kappa shape index (κ2) is 9.48. The van der Waals surface area contributed by atoms with Crippen LogP contribution in [0.1, 0.15) is 22.3 Å². The van der Waals surface area contributed by atoms with E-state index in [0.29, 0.717) is 27.4 Å². The number of fused-ring (bicyclic) bond motifs is 1. The van der Waals surface area contributed by atoms with Crippen molar-refractivity contribution in [3.05, 3.63) is 94.0 Å². The van der Waals surface area contributed by atoms with Crippen LogP contribution in [-0.4, -0.2) is 45.9 Å². The van der Waals surface area contributed by atoms with Crippen LogP contribution in [0.15, 0.2) is 71.7 Å². The maximum absolute atomic E-state index is 11.1. The fraction of sp³-hybridized carbons (Fsp3) is 0.154. The third-order valence-electron chi connectivity index (χ3n) is 5.24. The Morgan fingerprint density at radius 3 is 2.30 bits per heavy atom. The standard InChI is InChI=1S/C26H24ClN3O3/c1-30(2)15-17-5-10-20(11-6-17)28-25(18-7-3-16(4-8-18)13-23(31)32)24-21-12-9-19(27)14-22(21)29-26(24)33/h3-12,14,29,33H,13,15H2,1-2H3,(H,31,32). The van der Waals surface area contributed by atoms with Crippen molar-refractivity contribution in [3.63, 3.8) is 0 Å². The first-order valence-electron chi connectivity index (χ1n) is 10.4. The van der Waals surface area contributed by atoms with E-state index < -0.39 is 5.97 Å². The molecule has 0 unspecified atom stereocenters. The van der Waals surface area contributed by atoms with Crippen LogP contribution in [0.25, 0.3) is 10.9 Å². The topological polar surface area (TPSA) is 88.9 Å². The summed E-state index contributed by atoms with van der Waals surface area (Å²) in [5.74, 6) is -0.898. The Bertz CT molecular complexity index is 1320. The van der Waals surface area contributed by atoms with Gasteiger partial charge in [-0.2, -0.15) is 0 Å². The van der Waals surface area contributed by atoms with Gasteiger partial charge in [-0.05, 0) is 49.5 Å². The molecule has 0 spiro atoms. The molecule has 0 bridgehead atoms. The highest BCUT2D eigenvalue weighted by molar-refractivity contribution is 6.31. The van der Waals surface area contributed by atoms with Crippen LogP contribution in [-0.2, 0) is 17.8 Å². The molecular weight excluding hydrogens is 438 g/mol. The molecule has 3 aromatic carbocycles. The van der Waals surface area contributed by atoms with E-state index in [4.69, 9.17) is 21.7 Å². The molecule has 0 saturated carbocycles. The SMILES string of the molecule is CN(C)Cc1ccc(N=C(c2ccc(CC(=O)O)cc2)c2c(O)[nH]c3cc(Cl)ccc23)cc1. The van der Waals surface area contributed by atoms with E-state index in [9.17, 15) is 9.90 Å². The number of nitrogens with one attached hydrogen (secondary N) is 1. The van der Waals surface area contributed by atoms with Crippen molar-refractivity contribution in [2.24, 2.45) is 4.99 Å². The summed E-state index contributed by atoms with van der Waals surface area (Å²) >= 11 is 6.13. The van der Waals surface area contributed by atoms with Gasteiger partial charge in [0.2, 0.25) is 0 Å². The van der Waals surface area contributed by atoms with Gasteiger partial charge in [-0.3, -0.25) is 4.79 Å². The van der Waals surface area contributed by atoms with Crippen molar-refractivity contribution < 1.29 is 15.0 Å². The Morgan fingerprint density at radius 1 is 1.00 bits per heavy atom. The predicted molar refractivity (Wildman–Crippen MR) is 132 cm³/mol. The van der Waals surface area contributed by atoms with Crippen molar-refractivity contribution in [2.45, 2.75) is 13.0 Å². The molecule has 1 heterocycles. The summed E-state index contributed by atoms with van der Waals surface area (Å²) in [6.07, 6.45) is -0.0586. The smallest absolute Gasteiger partial charge is 0.307 e. The molecule has 7 heteroatoms. The minimum absolute atomic E-state index is 0.00939. The number of carboxylic acid groups (broad SMARTS) is 1. The summed E-state index contributed by atoms with van der Waals surface area (Å²) in [4.78, 5) is 21.0. The molecule has 0 atom stereocenters. The second-order valence-electron chi connectivity index (χ2n) is 8.17. The third-order valence-corrected chi connectivity index (χ3v) is 5.47. The average molecular weight is 462 g/mol. The number of halogens is 1. The number of hydrogen-bond acceptors (Lipinski definition) is 4. The number of H-pyrrole nitrogens is 1. The number of rotatable bonds is 7. The van der Waals surface area contributed by atoms with E-state index in [1.165, 1.54) is 5.56 Å². The van der Waals surface area contributed by atoms with Gasteiger partial charge in [-0.25, -0.2) is 4.99 Å². The maximum atomic E-state index is 11.1. The highest BCUT2D eigenvalue weighted by Crippen LogP contribution is 2.33. The minimum Gasteiger partial charge on any atom is -0.494 e. The molecule has 6 nitrogen and oxygen atoms in total. The molecule has 4 aromatic rings. The normalized spacial score (nSPS) is 11.9. The van der Waals surface area contributed by atoms with Crippen LogP contribution in [0, 0.1) is 0 Å². The Balaban J connectivity index is 1.84. The molecule has 0 aliphatic carbocycles. The van der Waals surface area contributed by atoms with Crippen molar-refractivity contribution >= 4 is 39.9 Å². The number of carbonyl (C=O) groups is 1. The lowest BCUT2D eigenvalue weighted by Crippen LogP contribution is -2.10. The summed E-state index contributed by atoms with van der Waals surface area (Å²) in [5.41, 5.74) is 5.19. The number of aromatic nitrogens is 1. The van der Waals surface area contributed by atoms with Crippen LogP contribution in [0.5, 0.6) is 5.88 Å². The van der Waals surface area contributed by atoms with Gasteiger partial charge < -0.3 is 20.1 Å². The van der Waals surface area contributed by atoms with Gasteiger partial charge in [-0.1, -0.05) is 54.1 Å². The zero-order valence-electron chi connectivity index (χ0n) is 18.3. The van der Waals surface area contributed by atoms with Crippen molar-refractivity contribution in [2.75, 3.05) is 14.1 Å². The third kappa shape index (κ3) is 5.25. The highest BCUT2D eigenvalue weighted by Gasteiger charge is 2.19. The summed E-state index contributed by atoms with van der Waals surface area (Å²) in [6.45, 7) is 0.825. The van der Waals surface area contributed by atoms with Crippen molar-refractivity contribution in [3.8, 4) is 5.88 Å². The van der Waals surface area contributed by atoms with Gasteiger partial charge in [-0.15, -0.1) is 0 Å². The van der Waals surface area contributed by atoms with Crippen molar-refractivity contribution in [1.82, 2.24) is 9.88 Å². The number of aliphatic carboxylic acids is 1. The maximum Gasteiger partial charge on any atom is 0.307 e. The molecule has 0 fully saturated rings. The van der Waals surface area contributed by atoms with E-state index >= 15 is 0 Å². The summed E-state index contributed by atoms with van der Waals surface area (Å²) in [5, 5.41) is 21.2. The minimum atomic E-state index is -0.888. The molecule has 0 aliphatic rings. The lowest BCUT2D eigenvalue weighted by molar-refractivity contribution is -0.136. The van der Waals surface area contributed by atoms with E-state index in [1.807, 2.05) is 56.6 Å². The van der Waals surface area contributed by atoms with Crippen molar-refractivity contribution in [1.29, 1.82) is 0 Å². The van der Waals surface area contributed by atoms with Gasteiger partial charge >= 0.3 is 5.97 Å². The number of nitrogens with zero attached hydrogens (tertiary/aromatic N) is 2. The molecule has 168 valence electrons. The molecule has 1 aromatic heterocycles. The highest BCUT2D eigenvalue weighted by atomic mass is 35.5. The lowest BCUT2D eigenvalue weighted by Gasteiger charge is -2.11. The molecule has 0 radical (unpaired) electrons. The first-order chi connectivity index (χ1) is 15.8. The number of aromatic hydroxyl groups is 1. The second-order valence-corrected chi connectivity index (χ2v) is 8.61. The molecule has 0 saturated heterocycles. The number of carboxylic acids is 1. The molecular formula is C26H24ClN3O3. The lowest BCUT2D eigenvalue weighted by atomic mass is 9.99. The number of benzene rings is 3. The predicted octanol–water partition coefficient (Wildman–Crippen LogP) is 5.38. The number of aromatic amines is 1. The molecule has 33 heavy (non-hydrogen) atoms. The molecule has 0 aliphatic heterocycles. The van der Waals surface area contributed by atoms with Crippen LogP contribution < -0.4 is 0 Å². The van der Waals surface area contributed by atoms with Gasteiger partial charge in [0.1, 0.15) is 0 Å². The largest absolute Gasteiger partial charge is 0.494 e. The van der Waals surface area contributed by atoms with E-state index in [1.54, 1.807) is 24.3 Å². The average Bonchev–Trinajstić information content (AvgIpc) is 3.07. The number of hydrogen-bond donors (Lipinski definition) is 3. The monoisotopic (exact) mass is 461 g/mol. The quantitative estimate of drug-likeness (QED) is 0.322. The number of aliphatic imine (C=N–C) groups is 1. The van der Waals surface area contributed by atoms with Gasteiger partial charge in [0.05, 0.1) is 28.9 Å². The fourth-order valence-electron chi connectivity index (χ4n) is 3.79. The Kier molecular flexibility index (Phi) is 6.49. The van der Waals surface area contributed by atoms with Gasteiger partial charge in [0, 0.05) is 22.5 Å². The van der Waals surface area contributed by atoms with Crippen LogP contribution in [0.3, 0.4) is 0 Å². The van der Waals surface area contributed by atoms with E-state index in [2.05, 4.69) is 9.88 Å². The van der Waals surface area contributed by atoms with Crippen LogP contribution >= 0.6 is 11.6 Å². The molecule has 3 N–H and O–H groups in total. The Morgan fingerprint density at radius 2 is 1.67 bits per heavy atom. The zero-order chi connectivity index (χ0) is 23.5. The van der Waals surface area contributed by atoms with Crippen LogP contribution in [0.2, 0.25) is 5.02 Å². The van der Waals surface area contributed by atoms with E-state index in [-0.39, 0.29) is 12.3 Å². The summed E-state index contributed by atoms with van der Waals surface area (Å²) < 4.78 is 0. The first-order valence-corrected chi connectivity index (χ1v) is 10.8. The van der Waals surface area contributed by atoms with Gasteiger partial charge in [0.15, 0.2) is 5.88 Å². The summed E-state index contributed by atoms with van der Waals surface area (Å²) in [7, 11) is 4.04. The van der Waals surface area contributed by atoms with E-state index in [0.717, 1.165) is 23.2 Å². The summed E-state index contributed by atoms with van der Waals surface area (Å²) in [6, 6.07) is 20.5. The fourth-order valence-corrected chi connectivity index (χ4v) is 3.96. The Hall–Kier alpha value is -3.61. The zero-order valence-corrected chi connectivity index (χ0v) is 19.1. The Labute approximate surface area is 196 Å². The molecule has 0 amide bonds. The van der Waals surface area contributed by atoms with Crippen LogP contribution in [0.4, 0.5) is 5.69 Å².